The van der Waals surface area contributed by atoms with E-state index < -0.39 is 6.10 Å². The number of benzene rings is 1. The quantitative estimate of drug-likeness (QED) is 0.801. The smallest absolute Gasteiger partial charge is 0.123 e. The molecular weight excluding hydrogens is 193 g/mol. The van der Waals surface area contributed by atoms with Gasteiger partial charge in [0.1, 0.15) is 5.82 Å². The molecule has 0 saturated heterocycles. The van der Waals surface area contributed by atoms with Crippen molar-refractivity contribution >= 4 is 0 Å². The van der Waals surface area contributed by atoms with Gasteiger partial charge in [-0.1, -0.05) is 13.0 Å². The van der Waals surface area contributed by atoms with Crippen molar-refractivity contribution in [1.29, 1.82) is 0 Å². The number of rotatable bonds is 4. The largest absolute Gasteiger partial charge is 0.388 e. The summed E-state index contributed by atoms with van der Waals surface area (Å²) in [7, 11) is 0. The second-order valence-electron chi connectivity index (χ2n) is 3.91. The SMILES string of the molecule is CCC(CN)C(O)c1cc(C)cc(F)c1. The third-order valence-corrected chi connectivity index (χ3v) is 2.68. The van der Waals surface area contributed by atoms with Crippen LogP contribution in [0.15, 0.2) is 18.2 Å². The van der Waals surface area contributed by atoms with Gasteiger partial charge < -0.3 is 10.8 Å². The first kappa shape index (κ1) is 12.1. The van der Waals surface area contributed by atoms with Crippen LogP contribution in [0.2, 0.25) is 0 Å². The fourth-order valence-electron chi connectivity index (χ4n) is 1.73. The molecule has 0 saturated carbocycles. The van der Waals surface area contributed by atoms with Crippen molar-refractivity contribution in [3.8, 4) is 0 Å². The number of aryl methyl sites for hydroxylation is 1. The molecule has 0 aliphatic rings. The molecule has 15 heavy (non-hydrogen) atoms. The topological polar surface area (TPSA) is 46.2 Å². The van der Waals surface area contributed by atoms with Gasteiger partial charge in [-0.05, 0) is 43.1 Å². The second kappa shape index (κ2) is 5.24. The Labute approximate surface area is 89.9 Å². The van der Waals surface area contributed by atoms with E-state index in [0.29, 0.717) is 12.1 Å². The zero-order chi connectivity index (χ0) is 11.4. The molecule has 1 aromatic rings. The number of aliphatic hydroxyl groups excluding tert-OH is 1. The van der Waals surface area contributed by atoms with Gasteiger partial charge >= 0.3 is 0 Å². The molecule has 0 spiro atoms. The molecule has 2 atom stereocenters. The Morgan fingerprint density at radius 1 is 1.40 bits per heavy atom. The molecule has 0 amide bonds. The van der Waals surface area contributed by atoms with Gasteiger partial charge in [0, 0.05) is 5.92 Å². The van der Waals surface area contributed by atoms with E-state index in [4.69, 9.17) is 5.73 Å². The molecule has 2 unspecified atom stereocenters. The number of hydrogen-bond donors (Lipinski definition) is 2. The first-order chi connectivity index (χ1) is 7.08. The molecule has 0 aliphatic heterocycles. The Balaban J connectivity index is 2.94. The van der Waals surface area contributed by atoms with Crippen LogP contribution in [0.25, 0.3) is 0 Å². The van der Waals surface area contributed by atoms with Crippen LogP contribution >= 0.6 is 0 Å². The maximum absolute atomic E-state index is 13.1. The summed E-state index contributed by atoms with van der Waals surface area (Å²) < 4.78 is 13.1. The molecule has 84 valence electrons. The highest BCUT2D eigenvalue weighted by Gasteiger charge is 2.18. The van der Waals surface area contributed by atoms with E-state index in [9.17, 15) is 9.50 Å². The minimum atomic E-state index is -0.672. The summed E-state index contributed by atoms with van der Waals surface area (Å²) in [5.74, 6) is -0.317. The van der Waals surface area contributed by atoms with Crippen LogP contribution in [-0.2, 0) is 0 Å². The molecule has 0 aliphatic carbocycles. The predicted molar refractivity (Wildman–Crippen MR) is 58.9 cm³/mol. The van der Waals surface area contributed by atoms with Crippen LogP contribution in [0.1, 0.15) is 30.6 Å². The van der Waals surface area contributed by atoms with Gasteiger partial charge in [0.05, 0.1) is 6.10 Å². The molecule has 3 heteroatoms. The molecule has 0 heterocycles. The maximum atomic E-state index is 13.1. The van der Waals surface area contributed by atoms with Gasteiger partial charge in [-0.2, -0.15) is 0 Å². The molecule has 0 radical (unpaired) electrons. The first-order valence-electron chi connectivity index (χ1n) is 5.23. The summed E-state index contributed by atoms with van der Waals surface area (Å²) in [6.07, 6.45) is 0.113. The normalized spacial score (nSPS) is 15.0. The van der Waals surface area contributed by atoms with Crippen LogP contribution in [0.4, 0.5) is 4.39 Å². The predicted octanol–water partition coefficient (Wildman–Crippen LogP) is 2.15. The van der Waals surface area contributed by atoms with Gasteiger partial charge in [-0.15, -0.1) is 0 Å². The van der Waals surface area contributed by atoms with E-state index >= 15 is 0 Å². The van der Waals surface area contributed by atoms with Gasteiger partial charge in [0.2, 0.25) is 0 Å². The molecule has 0 bridgehead atoms. The zero-order valence-electron chi connectivity index (χ0n) is 9.20. The minimum Gasteiger partial charge on any atom is -0.388 e. The lowest BCUT2D eigenvalue weighted by Crippen LogP contribution is -2.21. The third-order valence-electron chi connectivity index (χ3n) is 2.68. The maximum Gasteiger partial charge on any atom is 0.123 e. The van der Waals surface area contributed by atoms with Crippen LogP contribution < -0.4 is 5.73 Å². The summed E-state index contributed by atoms with van der Waals surface area (Å²) >= 11 is 0. The van der Waals surface area contributed by atoms with E-state index in [1.54, 1.807) is 6.07 Å². The van der Waals surface area contributed by atoms with E-state index in [0.717, 1.165) is 12.0 Å². The Hall–Kier alpha value is -0.930. The monoisotopic (exact) mass is 211 g/mol. The summed E-state index contributed by atoms with van der Waals surface area (Å²) in [5.41, 5.74) is 6.98. The highest BCUT2D eigenvalue weighted by molar-refractivity contribution is 5.25. The van der Waals surface area contributed by atoms with E-state index in [-0.39, 0.29) is 11.7 Å². The molecule has 2 nitrogen and oxygen atoms in total. The zero-order valence-corrected chi connectivity index (χ0v) is 9.20. The fraction of sp³-hybridized carbons (Fsp3) is 0.500. The lowest BCUT2D eigenvalue weighted by molar-refractivity contribution is 0.109. The van der Waals surface area contributed by atoms with Gasteiger partial charge in [0.15, 0.2) is 0 Å². The molecule has 0 aromatic heterocycles. The van der Waals surface area contributed by atoms with Crippen LogP contribution in [-0.4, -0.2) is 11.7 Å². The fourth-order valence-corrected chi connectivity index (χ4v) is 1.73. The Bertz CT molecular complexity index is 303. The number of aliphatic hydroxyl groups is 1. The standard InChI is InChI=1S/C12H18FNO/c1-3-9(7-14)12(15)10-4-8(2)5-11(13)6-10/h4-6,9,12,15H,3,7,14H2,1-2H3. The minimum absolute atomic E-state index is 0.00815. The van der Waals surface area contributed by atoms with Gasteiger partial charge in [-0.25, -0.2) is 4.39 Å². The van der Waals surface area contributed by atoms with Crippen molar-refractivity contribution in [2.45, 2.75) is 26.4 Å². The number of nitrogens with two attached hydrogens (primary N) is 1. The average molecular weight is 211 g/mol. The highest BCUT2D eigenvalue weighted by atomic mass is 19.1. The van der Waals surface area contributed by atoms with Crippen LogP contribution in [0, 0.1) is 18.7 Å². The van der Waals surface area contributed by atoms with Gasteiger partial charge in [-0.3, -0.25) is 0 Å². The molecular formula is C12H18FNO. The summed E-state index contributed by atoms with van der Waals surface area (Å²) in [6.45, 7) is 4.18. The Morgan fingerprint density at radius 3 is 2.53 bits per heavy atom. The van der Waals surface area contributed by atoms with Gasteiger partial charge in [0.25, 0.3) is 0 Å². The third kappa shape index (κ3) is 3.01. The lowest BCUT2D eigenvalue weighted by Gasteiger charge is -2.20. The van der Waals surface area contributed by atoms with Crippen molar-refractivity contribution in [2.75, 3.05) is 6.54 Å². The molecule has 0 fully saturated rings. The van der Waals surface area contributed by atoms with Crippen molar-refractivity contribution in [3.05, 3.63) is 35.1 Å². The van der Waals surface area contributed by atoms with Crippen molar-refractivity contribution in [2.24, 2.45) is 11.7 Å². The summed E-state index contributed by atoms with van der Waals surface area (Å²) in [5, 5.41) is 9.98. The first-order valence-corrected chi connectivity index (χ1v) is 5.23. The van der Waals surface area contributed by atoms with Crippen molar-refractivity contribution in [3.63, 3.8) is 0 Å². The average Bonchev–Trinajstić information content (AvgIpc) is 2.18. The highest BCUT2D eigenvalue weighted by Crippen LogP contribution is 2.25. The summed E-state index contributed by atoms with van der Waals surface area (Å²) in [6, 6.07) is 4.61. The number of halogens is 1. The van der Waals surface area contributed by atoms with Crippen LogP contribution in [0.5, 0.6) is 0 Å². The van der Waals surface area contributed by atoms with E-state index in [1.165, 1.54) is 12.1 Å². The number of hydrogen-bond acceptors (Lipinski definition) is 2. The molecule has 1 rings (SSSR count). The second-order valence-corrected chi connectivity index (χ2v) is 3.91. The van der Waals surface area contributed by atoms with E-state index in [1.807, 2.05) is 13.8 Å². The van der Waals surface area contributed by atoms with Crippen molar-refractivity contribution < 1.29 is 9.50 Å². The Kier molecular flexibility index (Phi) is 4.24. The molecule has 1 aromatic carbocycles. The van der Waals surface area contributed by atoms with E-state index in [2.05, 4.69) is 0 Å². The van der Waals surface area contributed by atoms with Crippen molar-refractivity contribution in [1.82, 2.24) is 0 Å². The lowest BCUT2D eigenvalue weighted by atomic mass is 9.93. The van der Waals surface area contributed by atoms with Crippen LogP contribution in [0.3, 0.4) is 0 Å². The Morgan fingerprint density at radius 2 is 2.07 bits per heavy atom. The summed E-state index contributed by atoms with van der Waals surface area (Å²) in [4.78, 5) is 0. The molecule has 3 N–H and O–H groups in total.